The number of ether oxygens (including phenoxy) is 1. The summed E-state index contributed by atoms with van der Waals surface area (Å²) in [4.78, 5) is 27.5. The SMILES string of the molecule is CNCN1C(=O)OCC1c1nnc([C@@H]2CC3(CC3)[C@@H]3CN2C(=O)N3OS(=O)(=O)O)o1. The van der Waals surface area contributed by atoms with Gasteiger partial charge in [0.15, 0.2) is 0 Å². The largest absolute Gasteiger partial charge is 0.447 e. The molecule has 2 N–H and O–H groups in total. The highest BCUT2D eigenvalue weighted by Gasteiger charge is 2.65. The lowest BCUT2D eigenvalue weighted by atomic mass is 9.85. The summed E-state index contributed by atoms with van der Waals surface area (Å²) in [5, 5.41) is 11.8. The number of nitrogens with one attached hydrogen (secondary N) is 1. The number of carbonyl (C=O) groups excluding carboxylic acids is 2. The molecular weight excluding hydrogens is 424 g/mol. The lowest BCUT2D eigenvalue weighted by molar-refractivity contribution is -0.0530. The van der Waals surface area contributed by atoms with Crippen LogP contribution in [0.25, 0.3) is 0 Å². The zero-order chi connectivity index (χ0) is 21.3. The second-order valence-corrected chi connectivity index (χ2v) is 8.92. The first-order chi connectivity index (χ1) is 14.2. The lowest BCUT2D eigenvalue weighted by Gasteiger charge is -2.34. The maximum absolute atomic E-state index is 12.8. The van der Waals surface area contributed by atoms with E-state index >= 15 is 0 Å². The van der Waals surface area contributed by atoms with Gasteiger partial charge in [-0.3, -0.25) is 9.45 Å². The molecule has 5 rings (SSSR count). The van der Waals surface area contributed by atoms with Gasteiger partial charge in [0, 0.05) is 6.54 Å². The van der Waals surface area contributed by atoms with Gasteiger partial charge in [-0.15, -0.1) is 14.5 Å². The normalized spacial score (nSPS) is 29.8. The fourth-order valence-corrected chi connectivity index (χ4v) is 4.92. The molecule has 164 valence electrons. The first-order valence-electron chi connectivity index (χ1n) is 9.40. The summed E-state index contributed by atoms with van der Waals surface area (Å²) >= 11 is 0. The number of cyclic esters (lactones) is 1. The Morgan fingerprint density at radius 3 is 2.60 bits per heavy atom. The van der Waals surface area contributed by atoms with E-state index in [-0.39, 0.29) is 37.0 Å². The van der Waals surface area contributed by atoms with Crippen molar-refractivity contribution in [3.05, 3.63) is 11.8 Å². The van der Waals surface area contributed by atoms with Crippen LogP contribution in [0.3, 0.4) is 0 Å². The molecule has 1 aliphatic carbocycles. The molecule has 4 aliphatic rings. The molecule has 14 nitrogen and oxygen atoms in total. The number of carbonyl (C=O) groups is 2. The van der Waals surface area contributed by atoms with Crippen molar-refractivity contribution in [2.45, 2.75) is 37.4 Å². The molecule has 1 aromatic heterocycles. The van der Waals surface area contributed by atoms with Crippen LogP contribution >= 0.6 is 0 Å². The summed E-state index contributed by atoms with van der Waals surface area (Å²) in [6, 6.07) is -2.30. The Labute approximate surface area is 171 Å². The van der Waals surface area contributed by atoms with Crippen LogP contribution in [0.5, 0.6) is 0 Å². The topological polar surface area (TPSA) is 168 Å². The lowest BCUT2D eigenvalue weighted by Crippen LogP contribution is -2.43. The van der Waals surface area contributed by atoms with E-state index in [0.29, 0.717) is 6.42 Å². The minimum absolute atomic E-state index is 0.0669. The number of aromatic nitrogens is 2. The minimum atomic E-state index is -4.84. The number of piperidine rings is 1. The van der Waals surface area contributed by atoms with E-state index in [4.69, 9.17) is 13.7 Å². The second-order valence-electron chi connectivity index (χ2n) is 7.91. The van der Waals surface area contributed by atoms with E-state index < -0.39 is 40.6 Å². The molecule has 1 aromatic rings. The summed E-state index contributed by atoms with van der Waals surface area (Å²) in [7, 11) is -3.15. The average molecular weight is 444 g/mol. The number of hydrogen-bond acceptors (Lipinski definition) is 10. The van der Waals surface area contributed by atoms with Gasteiger partial charge in [-0.2, -0.15) is 13.5 Å². The minimum Gasteiger partial charge on any atom is -0.447 e. The van der Waals surface area contributed by atoms with Gasteiger partial charge in [0.2, 0.25) is 11.8 Å². The smallest absolute Gasteiger partial charge is 0.418 e. The molecule has 0 aromatic carbocycles. The average Bonchev–Trinajstić information content (AvgIpc) is 3.01. The van der Waals surface area contributed by atoms with Crippen LogP contribution in [0.1, 0.15) is 43.1 Å². The van der Waals surface area contributed by atoms with Crippen molar-refractivity contribution in [3.8, 4) is 0 Å². The Kier molecular flexibility index (Phi) is 4.22. The molecule has 2 bridgehead atoms. The quantitative estimate of drug-likeness (QED) is 0.558. The summed E-state index contributed by atoms with van der Waals surface area (Å²) in [5.41, 5.74) is -0.336. The van der Waals surface area contributed by atoms with Crippen LogP contribution in [-0.2, 0) is 19.4 Å². The van der Waals surface area contributed by atoms with Crippen LogP contribution in [0, 0.1) is 5.41 Å². The van der Waals surface area contributed by atoms with Crippen molar-refractivity contribution in [1.29, 1.82) is 0 Å². The molecule has 0 radical (unpaired) electrons. The Balaban J connectivity index is 1.41. The Morgan fingerprint density at radius 2 is 1.97 bits per heavy atom. The summed E-state index contributed by atoms with van der Waals surface area (Å²) in [6.45, 7) is 0.521. The number of hydrogen-bond donors (Lipinski definition) is 2. The van der Waals surface area contributed by atoms with Crippen molar-refractivity contribution in [2.75, 3.05) is 26.9 Å². The number of fused-ring (bicyclic) bond motifs is 3. The standard InChI is InChI=1S/C15H20N6O8S/c1-16-7-20-9(6-27-14(20)23)12-18-17-11(28-12)8-4-15(2-3-15)10-5-19(8)13(22)21(10)29-30(24,25)26/h8-10,16H,2-7H2,1H3,(H,24,25,26)/t8-,9?,10-/m0/s1. The van der Waals surface area contributed by atoms with Crippen LogP contribution in [0.2, 0.25) is 0 Å². The summed E-state index contributed by atoms with van der Waals surface area (Å²) < 4.78 is 46.9. The van der Waals surface area contributed by atoms with Gasteiger partial charge in [-0.25, -0.2) is 9.59 Å². The fourth-order valence-electron chi connectivity index (χ4n) is 4.55. The van der Waals surface area contributed by atoms with Crippen molar-refractivity contribution in [1.82, 2.24) is 30.4 Å². The van der Waals surface area contributed by atoms with E-state index in [1.807, 2.05) is 0 Å². The maximum Gasteiger partial charge on any atom is 0.418 e. The fraction of sp³-hybridized carbons (Fsp3) is 0.733. The number of nitrogens with zero attached hydrogens (tertiary/aromatic N) is 5. The number of rotatable bonds is 6. The van der Waals surface area contributed by atoms with Gasteiger partial charge in [0.25, 0.3) is 0 Å². The van der Waals surface area contributed by atoms with Crippen LogP contribution in [-0.4, -0.2) is 83.1 Å². The Morgan fingerprint density at radius 1 is 1.27 bits per heavy atom. The molecule has 4 heterocycles. The molecule has 3 atom stereocenters. The predicted molar refractivity (Wildman–Crippen MR) is 93.5 cm³/mol. The molecule has 3 aliphatic heterocycles. The van der Waals surface area contributed by atoms with Gasteiger partial charge < -0.3 is 19.4 Å². The summed E-state index contributed by atoms with van der Waals surface area (Å²) in [5.74, 6) is 0.385. The highest BCUT2D eigenvalue weighted by atomic mass is 32.3. The van der Waals surface area contributed by atoms with Gasteiger partial charge in [-0.1, -0.05) is 0 Å². The van der Waals surface area contributed by atoms with E-state index in [0.717, 1.165) is 17.9 Å². The molecule has 3 amide bonds. The Bertz CT molecular complexity index is 993. The van der Waals surface area contributed by atoms with E-state index in [1.165, 1.54) is 9.80 Å². The number of hydroxylamine groups is 2. The number of amides is 3. The van der Waals surface area contributed by atoms with Crippen LogP contribution in [0.15, 0.2) is 4.42 Å². The van der Waals surface area contributed by atoms with Crippen LogP contribution in [0.4, 0.5) is 9.59 Å². The highest BCUT2D eigenvalue weighted by Crippen LogP contribution is 2.61. The first-order valence-corrected chi connectivity index (χ1v) is 10.8. The molecule has 1 saturated carbocycles. The molecule has 1 unspecified atom stereocenters. The highest BCUT2D eigenvalue weighted by molar-refractivity contribution is 7.80. The van der Waals surface area contributed by atoms with Crippen LogP contribution < -0.4 is 5.32 Å². The molecule has 4 fully saturated rings. The third kappa shape index (κ3) is 3.00. The van der Waals surface area contributed by atoms with Crippen molar-refractivity contribution < 1.29 is 36.0 Å². The molecule has 30 heavy (non-hydrogen) atoms. The first kappa shape index (κ1) is 19.5. The van der Waals surface area contributed by atoms with Gasteiger partial charge in [-0.05, 0) is 31.7 Å². The predicted octanol–water partition coefficient (Wildman–Crippen LogP) is -0.195. The van der Waals surface area contributed by atoms with Gasteiger partial charge >= 0.3 is 22.5 Å². The maximum atomic E-state index is 12.8. The van der Waals surface area contributed by atoms with E-state index in [9.17, 15) is 18.0 Å². The monoisotopic (exact) mass is 444 g/mol. The van der Waals surface area contributed by atoms with Gasteiger partial charge in [0.05, 0.1) is 12.7 Å². The molecule has 3 saturated heterocycles. The summed E-state index contributed by atoms with van der Waals surface area (Å²) in [6.07, 6.45) is 1.56. The third-order valence-corrected chi connectivity index (χ3v) is 6.52. The van der Waals surface area contributed by atoms with E-state index in [2.05, 4.69) is 19.8 Å². The van der Waals surface area contributed by atoms with Crippen molar-refractivity contribution >= 4 is 22.5 Å². The molecular formula is C15H20N6O8S. The van der Waals surface area contributed by atoms with Gasteiger partial charge in [0.1, 0.15) is 18.7 Å². The third-order valence-electron chi connectivity index (χ3n) is 6.17. The number of urea groups is 1. The second kappa shape index (κ2) is 6.50. The molecule has 1 spiro atoms. The van der Waals surface area contributed by atoms with Crippen molar-refractivity contribution in [2.24, 2.45) is 5.41 Å². The Hall–Kier alpha value is -2.49. The van der Waals surface area contributed by atoms with Crippen molar-refractivity contribution in [3.63, 3.8) is 0 Å². The zero-order valence-corrected chi connectivity index (χ0v) is 16.7. The zero-order valence-electron chi connectivity index (χ0n) is 15.9. The molecule has 15 heteroatoms. The van der Waals surface area contributed by atoms with E-state index in [1.54, 1.807) is 7.05 Å².